The molecular formula is C9H9BrO2S. The van der Waals surface area contributed by atoms with Crippen LogP contribution in [0.3, 0.4) is 0 Å². The van der Waals surface area contributed by atoms with Gasteiger partial charge in [0.05, 0.1) is 6.42 Å². The molecule has 70 valence electrons. The fraction of sp³-hybridized carbons (Fsp3) is 0.222. The molecule has 0 fully saturated rings. The van der Waals surface area contributed by atoms with Crippen molar-refractivity contribution in [3.8, 4) is 0 Å². The van der Waals surface area contributed by atoms with Crippen LogP contribution < -0.4 is 0 Å². The zero-order valence-corrected chi connectivity index (χ0v) is 9.48. The van der Waals surface area contributed by atoms with E-state index in [1.54, 1.807) is 17.4 Å². The quantitative estimate of drug-likeness (QED) is 0.905. The zero-order valence-electron chi connectivity index (χ0n) is 7.08. The fourth-order valence-electron chi connectivity index (χ4n) is 0.861. The normalized spacial score (nSPS) is 11.7. The van der Waals surface area contributed by atoms with Crippen molar-refractivity contribution in [1.82, 2.24) is 0 Å². The standard InChI is InChI=1S/C9H9BrO2S/c1-6(2-3-9(11)12)8-4-7(10)5-13-8/h2,4-5H,3H2,1H3,(H,11,12)/b6-2+. The van der Waals surface area contributed by atoms with Crippen LogP contribution in [-0.4, -0.2) is 11.1 Å². The van der Waals surface area contributed by atoms with Gasteiger partial charge >= 0.3 is 5.97 Å². The maximum Gasteiger partial charge on any atom is 0.307 e. The Kier molecular flexibility index (Phi) is 3.69. The van der Waals surface area contributed by atoms with Crippen LogP contribution in [0.1, 0.15) is 18.2 Å². The summed E-state index contributed by atoms with van der Waals surface area (Å²) in [7, 11) is 0. The minimum absolute atomic E-state index is 0.0847. The third-order valence-corrected chi connectivity index (χ3v) is 3.37. The molecule has 0 radical (unpaired) electrons. The summed E-state index contributed by atoms with van der Waals surface area (Å²) in [6.45, 7) is 1.92. The van der Waals surface area contributed by atoms with Crippen LogP contribution in [0.15, 0.2) is 22.0 Å². The van der Waals surface area contributed by atoms with E-state index in [9.17, 15) is 4.79 Å². The molecule has 0 aliphatic carbocycles. The van der Waals surface area contributed by atoms with Gasteiger partial charge in [0.2, 0.25) is 0 Å². The largest absolute Gasteiger partial charge is 0.481 e. The molecular weight excluding hydrogens is 252 g/mol. The molecule has 4 heteroatoms. The van der Waals surface area contributed by atoms with Gasteiger partial charge in [-0.25, -0.2) is 0 Å². The summed E-state index contributed by atoms with van der Waals surface area (Å²) >= 11 is 4.95. The molecule has 0 bridgehead atoms. The summed E-state index contributed by atoms with van der Waals surface area (Å²) in [5.74, 6) is -0.796. The van der Waals surface area contributed by atoms with Crippen LogP contribution in [0.2, 0.25) is 0 Å². The summed E-state index contributed by atoms with van der Waals surface area (Å²) in [5, 5.41) is 10.4. The Labute approximate surface area is 89.0 Å². The molecule has 0 unspecified atom stereocenters. The number of halogens is 1. The van der Waals surface area contributed by atoms with Crippen molar-refractivity contribution in [2.24, 2.45) is 0 Å². The van der Waals surface area contributed by atoms with E-state index in [-0.39, 0.29) is 6.42 Å². The van der Waals surface area contributed by atoms with Crippen LogP contribution in [0.5, 0.6) is 0 Å². The first-order valence-electron chi connectivity index (χ1n) is 3.72. The summed E-state index contributed by atoms with van der Waals surface area (Å²) < 4.78 is 1.04. The second-order valence-corrected chi connectivity index (χ2v) is 4.44. The number of hydrogen-bond acceptors (Lipinski definition) is 2. The SMILES string of the molecule is C/C(=C\CC(=O)O)c1cc(Br)cs1. The van der Waals surface area contributed by atoms with Crippen LogP contribution >= 0.6 is 27.3 Å². The van der Waals surface area contributed by atoms with E-state index in [4.69, 9.17) is 5.11 Å². The molecule has 0 spiro atoms. The Morgan fingerprint density at radius 3 is 2.92 bits per heavy atom. The first kappa shape index (κ1) is 10.5. The average Bonchev–Trinajstić information content (AvgIpc) is 2.47. The summed E-state index contributed by atoms with van der Waals surface area (Å²) in [4.78, 5) is 11.4. The first-order chi connectivity index (χ1) is 6.09. The summed E-state index contributed by atoms with van der Waals surface area (Å²) in [5.41, 5.74) is 1.01. The monoisotopic (exact) mass is 260 g/mol. The lowest BCUT2D eigenvalue weighted by Crippen LogP contribution is -1.90. The Hall–Kier alpha value is -0.610. The van der Waals surface area contributed by atoms with Crippen molar-refractivity contribution in [2.45, 2.75) is 13.3 Å². The van der Waals surface area contributed by atoms with Gasteiger partial charge in [0.1, 0.15) is 0 Å². The van der Waals surface area contributed by atoms with Crippen molar-refractivity contribution >= 4 is 38.8 Å². The predicted octanol–water partition coefficient (Wildman–Crippen LogP) is 3.39. The molecule has 0 aromatic carbocycles. The van der Waals surface area contributed by atoms with Gasteiger partial charge in [0.25, 0.3) is 0 Å². The molecule has 2 nitrogen and oxygen atoms in total. The van der Waals surface area contributed by atoms with Crippen molar-refractivity contribution in [3.63, 3.8) is 0 Å². The zero-order chi connectivity index (χ0) is 9.84. The number of hydrogen-bond donors (Lipinski definition) is 1. The Balaban J connectivity index is 2.72. The van der Waals surface area contributed by atoms with E-state index in [2.05, 4.69) is 15.9 Å². The molecule has 1 rings (SSSR count). The van der Waals surface area contributed by atoms with E-state index in [0.717, 1.165) is 14.9 Å². The number of aliphatic carboxylic acids is 1. The topological polar surface area (TPSA) is 37.3 Å². The van der Waals surface area contributed by atoms with Gasteiger partial charge in [-0.2, -0.15) is 0 Å². The smallest absolute Gasteiger partial charge is 0.307 e. The predicted molar refractivity (Wildman–Crippen MR) is 57.9 cm³/mol. The molecule has 1 N–H and O–H groups in total. The number of allylic oxidation sites excluding steroid dienone is 1. The van der Waals surface area contributed by atoms with Gasteiger partial charge < -0.3 is 5.11 Å². The third-order valence-electron chi connectivity index (χ3n) is 1.54. The molecule has 1 aromatic heterocycles. The second-order valence-electron chi connectivity index (χ2n) is 2.61. The van der Waals surface area contributed by atoms with Gasteiger partial charge in [-0.05, 0) is 34.5 Å². The number of carbonyl (C=O) groups is 1. The van der Waals surface area contributed by atoms with Crippen LogP contribution in [0.4, 0.5) is 0 Å². The van der Waals surface area contributed by atoms with Crippen LogP contribution in [0.25, 0.3) is 5.57 Å². The maximum atomic E-state index is 10.3. The molecule has 1 heterocycles. The minimum atomic E-state index is -0.796. The van der Waals surface area contributed by atoms with Gasteiger partial charge in [0.15, 0.2) is 0 Å². The average molecular weight is 261 g/mol. The van der Waals surface area contributed by atoms with Crippen molar-refractivity contribution in [3.05, 3.63) is 26.9 Å². The molecule has 1 aromatic rings. The molecule has 0 aliphatic heterocycles. The number of thiophene rings is 1. The first-order valence-corrected chi connectivity index (χ1v) is 5.40. The third kappa shape index (κ3) is 3.32. The highest BCUT2D eigenvalue weighted by Crippen LogP contribution is 2.26. The number of carboxylic acid groups (broad SMARTS) is 1. The molecule has 0 amide bonds. The van der Waals surface area contributed by atoms with Gasteiger partial charge in [-0.15, -0.1) is 11.3 Å². The lowest BCUT2D eigenvalue weighted by Gasteiger charge is -1.94. The molecule has 0 atom stereocenters. The fourth-order valence-corrected chi connectivity index (χ4v) is 2.29. The van der Waals surface area contributed by atoms with Gasteiger partial charge in [-0.3, -0.25) is 4.79 Å². The Bertz CT molecular complexity index is 341. The van der Waals surface area contributed by atoms with E-state index < -0.39 is 5.97 Å². The van der Waals surface area contributed by atoms with Gasteiger partial charge in [0, 0.05) is 14.7 Å². The highest BCUT2D eigenvalue weighted by Gasteiger charge is 2.00. The number of carboxylic acids is 1. The van der Waals surface area contributed by atoms with E-state index in [1.165, 1.54) is 0 Å². The summed E-state index contributed by atoms with van der Waals surface area (Å²) in [6.07, 6.45) is 1.81. The second kappa shape index (κ2) is 4.58. The van der Waals surface area contributed by atoms with Gasteiger partial charge in [-0.1, -0.05) is 6.08 Å². The number of rotatable bonds is 3. The lowest BCUT2D eigenvalue weighted by atomic mass is 10.2. The Morgan fingerprint density at radius 2 is 2.46 bits per heavy atom. The van der Waals surface area contributed by atoms with Crippen LogP contribution in [0, 0.1) is 0 Å². The molecule has 13 heavy (non-hydrogen) atoms. The maximum absolute atomic E-state index is 10.3. The van der Waals surface area contributed by atoms with E-state index in [1.807, 2.05) is 18.4 Å². The van der Waals surface area contributed by atoms with Crippen molar-refractivity contribution in [2.75, 3.05) is 0 Å². The van der Waals surface area contributed by atoms with Crippen molar-refractivity contribution in [1.29, 1.82) is 0 Å². The lowest BCUT2D eigenvalue weighted by molar-refractivity contribution is -0.135. The minimum Gasteiger partial charge on any atom is -0.481 e. The molecule has 0 aliphatic rings. The van der Waals surface area contributed by atoms with Crippen molar-refractivity contribution < 1.29 is 9.90 Å². The Morgan fingerprint density at radius 1 is 1.77 bits per heavy atom. The molecule has 0 saturated carbocycles. The van der Waals surface area contributed by atoms with Crippen LogP contribution in [-0.2, 0) is 4.79 Å². The highest BCUT2D eigenvalue weighted by molar-refractivity contribution is 9.10. The highest BCUT2D eigenvalue weighted by atomic mass is 79.9. The molecule has 0 saturated heterocycles. The summed E-state index contributed by atoms with van der Waals surface area (Å²) in [6, 6.07) is 1.98. The van der Waals surface area contributed by atoms with E-state index in [0.29, 0.717) is 0 Å². The van der Waals surface area contributed by atoms with E-state index >= 15 is 0 Å².